The molecule has 1 heterocycles. The standard InChI is InChI=1S/C14H21NO3/c1-17-14-3-2-11(8-12(14)13(16)9-15)10-4-6-18-7-5-10/h2-3,8,10,13,16H,4-7,9,15H2,1H3. The average molecular weight is 251 g/mol. The molecule has 0 saturated carbocycles. The first-order chi connectivity index (χ1) is 8.76. The van der Waals surface area contributed by atoms with Gasteiger partial charge in [-0.15, -0.1) is 0 Å². The fraction of sp³-hybridized carbons (Fsp3) is 0.571. The lowest BCUT2D eigenvalue weighted by Gasteiger charge is -2.24. The van der Waals surface area contributed by atoms with Crippen molar-refractivity contribution in [3.63, 3.8) is 0 Å². The van der Waals surface area contributed by atoms with Gasteiger partial charge < -0.3 is 20.3 Å². The number of ether oxygens (including phenoxy) is 2. The maximum atomic E-state index is 9.93. The quantitative estimate of drug-likeness (QED) is 0.852. The van der Waals surface area contributed by atoms with Crippen LogP contribution in [0.25, 0.3) is 0 Å². The van der Waals surface area contributed by atoms with Crippen LogP contribution in [0.5, 0.6) is 5.75 Å². The number of rotatable bonds is 4. The molecule has 0 aromatic heterocycles. The molecule has 1 aromatic carbocycles. The molecule has 1 unspecified atom stereocenters. The topological polar surface area (TPSA) is 64.7 Å². The highest BCUT2D eigenvalue weighted by Gasteiger charge is 2.19. The molecular formula is C14H21NO3. The van der Waals surface area contributed by atoms with Crippen molar-refractivity contribution in [3.05, 3.63) is 29.3 Å². The van der Waals surface area contributed by atoms with Crippen molar-refractivity contribution in [1.29, 1.82) is 0 Å². The molecule has 4 heteroatoms. The SMILES string of the molecule is COc1ccc(C2CCOCC2)cc1C(O)CN. The van der Waals surface area contributed by atoms with Crippen LogP contribution in [-0.4, -0.2) is 32.0 Å². The third-order valence-electron chi connectivity index (χ3n) is 3.53. The van der Waals surface area contributed by atoms with E-state index < -0.39 is 6.10 Å². The second-order valence-electron chi connectivity index (χ2n) is 4.64. The maximum Gasteiger partial charge on any atom is 0.124 e. The summed E-state index contributed by atoms with van der Waals surface area (Å²) in [5, 5.41) is 9.93. The first-order valence-electron chi connectivity index (χ1n) is 6.40. The molecule has 1 aromatic rings. The Labute approximate surface area is 108 Å². The third-order valence-corrected chi connectivity index (χ3v) is 3.53. The zero-order valence-corrected chi connectivity index (χ0v) is 10.8. The summed E-state index contributed by atoms with van der Waals surface area (Å²) < 4.78 is 10.6. The number of benzene rings is 1. The van der Waals surface area contributed by atoms with E-state index in [9.17, 15) is 5.11 Å². The van der Waals surface area contributed by atoms with Crippen LogP contribution < -0.4 is 10.5 Å². The summed E-state index contributed by atoms with van der Waals surface area (Å²) in [5.74, 6) is 1.21. The Morgan fingerprint density at radius 3 is 2.78 bits per heavy atom. The van der Waals surface area contributed by atoms with Crippen molar-refractivity contribution >= 4 is 0 Å². The van der Waals surface area contributed by atoms with Crippen molar-refractivity contribution in [3.8, 4) is 5.75 Å². The fourth-order valence-electron chi connectivity index (χ4n) is 2.43. The lowest BCUT2D eigenvalue weighted by Crippen LogP contribution is -2.16. The summed E-state index contributed by atoms with van der Waals surface area (Å²) in [4.78, 5) is 0. The van der Waals surface area contributed by atoms with E-state index in [0.29, 0.717) is 11.7 Å². The van der Waals surface area contributed by atoms with E-state index in [1.54, 1.807) is 7.11 Å². The highest BCUT2D eigenvalue weighted by molar-refractivity contribution is 5.40. The van der Waals surface area contributed by atoms with Crippen molar-refractivity contribution < 1.29 is 14.6 Å². The van der Waals surface area contributed by atoms with Gasteiger partial charge in [0.25, 0.3) is 0 Å². The van der Waals surface area contributed by atoms with Gasteiger partial charge in [-0.05, 0) is 36.5 Å². The fourth-order valence-corrected chi connectivity index (χ4v) is 2.43. The van der Waals surface area contributed by atoms with Gasteiger partial charge in [-0.2, -0.15) is 0 Å². The minimum absolute atomic E-state index is 0.202. The van der Waals surface area contributed by atoms with Gasteiger partial charge in [0.1, 0.15) is 5.75 Å². The summed E-state index contributed by atoms with van der Waals surface area (Å²) in [7, 11) is 1.61. The molecule has 0 radical (unpaired) electrons. The summed E-state index contributed by atoms with van der Waals surface area (Å²) in [6.45, 7) is 1.82. The van der Waals surface area contributed by atoms with Crippen LogP contribution in [0.4, 0.5) is 0 Å². The zero-order chi connectivity index (χ0) is 13.0. The Kier molecular flexibility index (Phi) is 4.58. The van der Waals surface area contributed by atoms with Gasteiger partial charge in [0, 0.05) is 25.3 Å². The van der Waals surface area contributed by atoms with Crippen molar-refractivity contribution in [1.82, 2.24) is 0 Å². The van der Waals surface area contributed by atoms with Crippen LogP contribution >= 0.6 is 0 Å². The summed E-state index contributed by atoms with van der Waals surface area (Å²) >= 11 is 0. The first-order valence-corrected chi connectivity index (χ1v) is 6.40. The lowest BCUT2D eigenvalue weighted by molar-refractivity contribution is 0.0852. The molecular weight excluding hydrogens is 230 g/mol. The molecule has 1 saturated heterocycles. The monoisotopic (exact) mass is 251 g/mol. The van der Waals surface area contributed by atoms with Crippen LogP contribution in [0.2, 0.25) is 0 Å². The smallest absolute Gasteiger partial charge is 0.124 e. The van der Waals surface area contributed by atoms with Gasteiger partial charge in [-0.3, -0.25) is 0 Å². The van der Waals surface area contributed by atoms with E-state index in [0.717, 1.165) is 31.6 Å². The second-order valence-corrected chi connectivity index (χ2v) is 4.64. The van der Waals surface area contributed by atoms with Crippen LogP contribution in [0, 0.1) is 0 Å². The molecule has 1 aliphatic heterocycles. The Hall–Kier alpha value is -1.10. The summed E-state index contributed by atoms with van der Waals surface area (Å²) in [6.07, 6.45) is 1.40. The number of nitrogens with two attached hydrogens (primary N) is 1. The average Bonchev–Trinajstić information content (AvgIpc) is 2.46. The molecule has 18 heavy (non-hydrogen) atoms. The number of aliphatic hydroxyl groups is 1. The predicted octanol–water partition coefficient (Wildman–Crippen LogP) is 1.58. The molecule has 1 atom stereocenters. The molecule has 0 spiro atoms. The van der Waals surface area contributed by atoms with Gasteiger partial charge in [0.05, 0.1) is 13.2 Å². The minimum atomic E-state index is -0.667. The minimum Gasteiger partial charge on any atom is -0.496 e. The number of methoxy groups -OCH3 is 1. The van der Waals surface area contributed by atoms with E-state index in [2.05, 4.69) is 6.07 Å². The van der Waals surface area contributed by atoms with Crippen molar-refractivity contribution in [2.45, 2.75) is 24.9 Å². The first kappa shape index (κ1) is 13.3. The summed E-state index contributed by atoms with van der Waals surface area (Å²) in [5.41, 5.74) is 7.55. The molecule has 1 aliphatic rings. The third kappa shape index (κ3) is 2.83. The molecule has 0 amide bonds. The highest BCUT2D eigenvalue weighted by Crippen LogP contribution is 2.32. The van der Waals surface area contributed by atoms with Crippen molar-refractivity contribution in [2.24, 2.45) is 5.73 Å². The Morgan fingerprint density at radius 1 is 1.44 bits per heavy atom. The highest BCUT2D eigenvalue weighted by atomic mass is 16.5. The predicted molar refractivity (Wildman–Crippen MR) is 69.8 cm³/mol. The van der Waals surface area contributed by atoms with Crippen LogP contribution in [0.1, 0.15) is 36.0 Å². The van der Waals surface area contributed by atoms with Crippen LogP contribution in [0.15, 0.2) is 18.2 Å². The second kappa shape index (κ2) is 6.18. The number of hydrogen-bond acceptors (Lipinski definition) is 4. The lowest BCUT2D eigenvalue weighted by atomic mass is 9.89. The molecule has 0 aliphatic carbocycles. The van der Waals surface area contributed by atoms with Crippen LogP contribution in [0.3, 0.4) is 0 Å². The Morgan fingerprint density at radius 2 is 2.17 bits per heavy atom. The largest absolute Gasteiger partial charge is 0.496 e. The molecule has 0 bridgehead atoms. The maximum absolute atomic E-state index is 9.93. The van der Waals surface area contributed by atoms with Gasteiger partial charge in [-0.1, -0.05) is 6.07 Å². The number of hydrogen-bond donors (Lipinski definition) is 2. The zero-order valence-electron chi connectivity index (χ0n) is 10.8. The van der Waals surface area contributed by atoms with Crippen LogP contribution in [-0.2, 0) is 4.74 Å². The molecule has 100 valence electrons. The van der Waals surface area contributed by atoms with Crippen molar-refractivity contribution in [2.75, 3.05) is 26.9 Å². The Balaban J connectivity index is 2.26. The van der Waals surface area contributed by atoms with E-state index in [1.807, 2.05) is 12.1 Å². The molecule has 4 nitrogen and oxygen atoms in total. The van der Waals surface area contributed by atoms with E-state index in [4.69, 9.17) is 15.2 Å². The van der Waals surface area contributed by atoms with Gasteiger partial charge >= 0.3 is 0 Å². The van der Waals surface area contributed by atoms with E-state index >= 15 is 0 Å². The number of aliphatic hydroxyl groups excluding tert-OH is 1. The Bertz CT molecular complexity index is 389. The van der Waals surface area contributed by atoms with Gasteiger partial charge in [0.15, 0.2) is 0 Å². The molecule has 2 rings (SSSR count). The normalized spacial score (nSPS) is 18.6. The summed E-state index contributed by atoms with van der Waals surface area (Å²) in [6, 6.07) is 6.01. The van der Waals surface area contributed by atoms with E-state index in [-0.39, 0.29) is 6.54 Å². The molecule has 3 N–H and O–H groups in total. The molecule has 1 fully saturated rings. The van der Waals surface area contributed by atoms with Gasteiger partial charge in [-0.25, -0.2) is 0 Å². The van der Waals surface area contributed by atoms with Gasteiger partial charge in [0.2, 0.25) is 0 Å². The van der Waals surface area contributed by atoms with E-state index in [1.165, 1.54) is 5.56 Å².